The van der Waals surface area contributed by atoms with Crippen LogP contribution in [-0.4, -0.2) is 49.8 Å². The highest BCUT2D eigenvalue weighted by atomic mass is 32.1. The first-order valence-corrected chi connectivity index (χ1v) is 6.52. The average Bonchev–Trinajstić information content (AvgIpc) is 2.26. The van der Waals surface area contributed by atoms with Crippen LogP contribution in [0.15, 0.2) is 0 Å². The second-order valence-electron chi connectivity index (χ2n) is 4.57. The van der Waals surface area contributed by atoms with Gasteiger partial charge in [-0.05, 0) is 27.9 Å². The van der Waals surface area contributed by atoms with E-state index in [0.717, 1.165) is 24.6 Å². The van der Waals surface area contributed by atoms with Gasteiger partial charge in [0.25, 0.3) is 0 Å². The van der Waals surface area contributed by atoms with Gasteiger partial charge in [0.1, 0.15) is 0 Å². The van der Waals surface area contributed by atoms with Crippen LogP contribution in [-0.2, 0) is 0 Å². The molecular weight excluding hydrogens is 226 g/mol. The Morgan fingerprint density at radius 3 is 1.80 bits per heavy atom. The number of thiol groups is 2. The Labute approximate surface area is 105 Å². The SMILES string of the molecule is CNC[C@](C)(CS)NC[C@](C)(CS)NC. The van der Waals surface area contributed by atoms with E-state index in [1.165, 1.54) is 0 Å². The van der Waals surface area contributed by atoms with Gasteiger partial charge in [-0.2, -0.15) is 25.3 Å². The molecule has 0 unspecified atom stereocenters. The van der Waals surface area contributed by atoms with E-state index < -0.39 is 0 Å². The molecule has 3 nitrogen and oxygen atoms in total. The van der Waals surface area contributed by atoms with E-state index in [-0.39, 0.29) is 11.1 Å². The van der Waals surface area contributed by atoms with E-state index in [1.807, 2.05) is 14.1 Å². The smallest absolute Gasteiger partial charge is 0.0366 e. The quantitative estimate of drug-likeness (QED) is 0.405. The molecule has 92 valence electrons. The maximum Gasteiger partial charge on any atom is 0.0366 e. The summed E-state index contributed by atoms with van der Waals surface area (Å²) in [5.41, 5.74) is 0.0555. The van der Waals surface area contributed by atoms with Gasteiger partial charge in [-0.25, -0.2) is 0 Å². The first-order valence-electron chi connectivity index (χ1n) is 5.25. The third kappa shape index (κ3) is 5.45. The molecule has 0 rings (SSSR count). The van der Waals surface area contributed by atoms with Crippen LogP contribution in [0, 0.1) is 0 Å². The minimum Gasteiger partial charge on any atom is -0.318 e. The standard InChI is InChI=1S/C10H25N3S2/c1-9(7-14,12-4)6-13-10(2,8-15)5-11-3/h11-15H,5-8H2,1-4H3/t9-,10-/m1/s1. The largest absolute Gasteiger partial charge is 0.318 e. The maximum atomic E-state index is 4.38. The van der Waals surface area contributed by atoms with Gasteiger partial charge in [-0.3, -0.25) is 0 Å². The Kier molecular flexibility index (Phi) is 7.28. The lowest BCUT2D eigenvalue weighted by Crippen LogP contribution is -2.59. The van der Waals surface area contributed by atoms with Crippen molar-refractivity contribution < 1.29 is 0 Å². The fourth-order valence-electron chi connectivity index (χ4n) is 1.20. The van der Waals surface area contributed by atoms with Crippen LogP contribution in [0.4, 0.5) is 0 Å². The summed E-state index contributed by atoms with van der Waals surface area (Å²) in [5.74, 6) is 1.61. The lowest BCUT2D eigenvalue weighted by atomic mass is 10.0. The molecule has 0 saturated heterocycles. The second-order valence-corrected chi connectivity index (χ2v) is 5.20. The number of likely N-dealkylation sites (N-methyl/N-ethyl adjacent to an activating group) is 2. The third-order valence-corrected chi connectivity index (χ3v) is 4.17. The average molecular weight is 251 g/mol. The molecule has 15 heavy (non-hydrogen) atoms. The van der Waals surface area contributed by atoms with Crippen molar-refractivity contribution in [2.45, 2.75) is 24.9 Å². The van der Waals surface area contributed by atoms with E-state index in [2.05, 4.69) is 55.1 Å². The van der Waals surface area contributed by atoms with Crippen LogP contribution in [0.2, 0.25) is 0 Å². The maximum absolute atomic E-state index is 4.38. The third-order valence-electron chi connectivity index (χ3n) is 2.77. The van der Waals surface area contributed by atoms with Crippen LogP contribution in [0.5, 0.6) is 0 Å². The molecule has 0 aromatic heterocycles. The van der Waals surface area contributed by atoms with Crippen LogP contribution in [0.25, 0.3) is 0 Å². The van der Waals surface area contributed by atoms with Crippen LogP contribution in [0.1, 0.15) is 13.8 Å². The van der Waals surface area contributed by atoms with E-state index in [9.17, 15) is 0 Å². The Bertz CT molecular complexity index is 174. The predicted molar refractivity (Wildman–Crippen MR) is 75.5 cm³/mol. The summed E-state index contributed by atoms with van der Waals surface area (Å²) in [6, 6.07) is 0. The summed E-state index contributed by atoms with van der Waals surface area (Å²) in [6.45, 7) is 6.12. The van der Waals surface area contributed by atoms with Crippen molar-refractivity contribution in [3.8, 4) is 0 Å². The highest BCUT2D eigenvalue weighted by Crippen LogP contribution is 2.09. The van der Waals surface area contributed by atoms with Crippen LogP contribution in [0.3, 0.4) is 0 Å². The molecule has 0 aliphatic rings. The van der Waals surface area contributed by atoms with Crippen molar-refractivity contribution in [2.24, 2.45) is 0 Å². The monoisotopic (exact) mass is 251 g/mol. The van der Waals surface area contributed by atoms with Gasteiger partial charge >= 0.3 is 0 Å². The molecule has 5 heteroatoms. The van der Waals surface area contributed by atoms with Gasteiger partial charge in [0.15, 0.2) is 0 Å². The highest BCUT2D eigenvalue weighted by molar-refractivity contribution is 7.80. The Morgan fingerprint density at radius 1 is 0.933 bits per heavy atom. The molecule has 0 heterocycles. The lowest BCUT2D eigenvalue weighted by molar-refractivity contribution is 0.316. The Morgan fingerprint density at radius 2 is 1.47 bits per heavy atom. The summed E-state index contributed by atoms with van der Waals surface area (Å²) in [5, 5.41) is 10.0. The minimum absolute atomic E-state index is 0.0267. The molecule has 0 aliphatic heterocycles. The summed E-state index contributed by atoms with van der Waals surface area (Å²) >= 11 is 8.74. The zero-order valence-electron chi connectivity index (χ0n) is 10.2. The first-order chi connectivity index (χ1) is 6.95. The fourth-order valence-corrected chi connectivity index (χ4v) is 1.69. The van der Waals surface area contributed by atoms with E-state index in [0.29, 0.717) is 0 Å². The number of hydrogen-bond donors (Lipinski definition) is 5. The van der Waals surface area contributed by atoms with Crippen LogP contribution < -0.4 is 16.0 Å². The number of nitrogens with one attached hydrogen (secondary N) is 3. The van der Waals surface area contributed by atoms with E-state index >= 15 is 0 Å². The molecule has 0 radical (unpaired) electrons. The molecule has 2 atom stereocenters. The molecule has 0 aliphatic carbocycles. The Balaban J connectivity index is 4.20. The molecule has 0 saturated carbocycles. The van der Waals surface area contributed by atoms with Crippen molar-refractivity contribution in [3.05, 3.63) is 0 Å². The molecule has 3 N–H and O–H groups in total. The van der Waals surface area contributed by atoms with Gasteiger partial charge in [0.2, 0.25) is 0 Å². The van der Waals surface area contributed by atoms with Gasteiger partial charge in [0.05, 0.1) is 0 Å². The van der Waals surface area contributed by atoms with Crippen molar-refractivity contribution in [1.29, 1.82) is 0 Å². The molecule has 0 fully saturated rings. The normalized spacial score (nSPS) is 19.6. The molecular formula is C10H25N3S2. The summed E-state index contributed by atoms with van der Waals surface area (Å²) in [6.07, 6.45) is 0. The van der Waals surface area contributed by atoms with Gasteiger partial charge < -0.3 is 16.0 Å². The fraction of sp³-hybridized carbons (Fsp3) is 1.00. The minimum atomic E-state index is 0.0267. The van der Waals surface area contributed by atoms with Gasteiger partial charge in [-0.15, -0.1) is 0 Å². The highest BCUT2D eigenvalue weighted by Gasteiger charge is 2.26. The predicted octanol–water partition coefficient (Wildman–Crippen LogP) is 0.392. The van der Waals surface area contributed by atoms with Crippen LogP contribution >= 0.6 is 25.3 Å². The first kappa shape index (κ1) is 15.6. The van der Waals surface area contributed by atoms with E-state index in [1.54, 1.807) is 0 Å². The van der Waals surface area contributed by atoms with Gasteiger partial charge in [0, 0.05) is 35.7 Å². The topological polar surface area (TPSA) is 36.1 Å². The zero-order chi connectivity index (χ0) is 11.9. The summed E-state index contributed by atoms with van der Waals surface area (Å²) in [7, 11) is 3.92. The van der Waals surface area contributed by atoms with Gasteiger partial charge in [-0.1, -0.05) is 0 Å². The number of rotatable bonds is 8. The molecule has 0 aromatic carbocycles. The lowest BCUT2D eigenvalue weighted by Gasteiger charge is -2.35. The molecule has 0 bridgehead atoms. The number of hydrogen-bond acceptors (Lipinski definition) is 5. The van der Waals surface area contributed by atoms with Crippen molar-refractivity contribution in [2.75, 3.05) is 38.7 Å². The second kappa shape index (κ2) is 7.01. The molecule has 0 aromatic rings. The Hall–Kier alpha value is 0.580. The molecule has 0 spiro atoms. The van der Waals surface area contributed by atoms with Crippen molar-refractivity contribution in [1.82, 2.24) is 16.0 Å². The molecule has 0 amide bonds. The summed E-state index contributed by atoms with van der Waals surface area (Å²) < 4.78 is 0. The zero-order valence-corrected chi connectivity index (χ0v) is 12.0. The van der Waals surface area contributed by atoms with E-state index in [4.69, 9.17) is 0 Å². The van der Waals surface area contributed by atoms with Crippen molar-refractivity contribution in [3.63, 3.8) is 0 Å². The van der Waals surface area contributed by atoms with Crippen molar-refractivity contribution >= 4 is 25.3 Å². The summed E-state index contributed by atoms with van der Waals surface area (Å²) in [4.78, 5) is 0.